The van der Waals surface area contributed by atoms with Crippen molar-refractivity contribution in [3.63, 3.8) is 0 Å². The Bertz CT molecular complexity index is 528. The first-order valence-electron chi connectivity index (χ1n) is 12.0. The summed E-state index contributed by atoms with van der Waals surface area (Å²) in [6, 6.07) is -1.14. The van der Waals surface area contributed by atoms with Crippen molar-refractivity contribution in [2.24, 2.45) is 0 Å². The van der Waals surface area contributed by atoms with Crippen LogP contribution in [0.15, 0.2) is 0 Å². The second kappa shape index (κ2) is 16.9. The smallest absolute Gasteiger partial charge is 0.243 e. The largest absolute Gasteiger partial charge is 0.392 e. The Balaban J connectivity index is 2.34. The first kappa shape index (κ1) is 31.3. The zero-order valence-electron chi connectivity index (χ0n) is 20.2. The number of amides is 2. The number of aliphatic hydroxyl groups excluding tert-OH is 4. The van der Waals surface area contributed by atoms with Crippen molar-refractivity contribution < 1.29 is 30.0 Å². The number of rotatable bonds is 18. The van der Waals surface area contributed by atoms with Gasteiger partial charge in [-0.3, -0.25) is 19.4 Å². The molecule has 12 heteroatoms. The summed E-state index contributed by atoms with van der Waals surface area (Å²) in [6.45, 7) is 5.94. The number of halogens is 2. The maximum atomic E-state index is 12.5. The maximum absolute atomic E-state index is 12.5. The minimum atomic E-state index is -1.06. The van der Waals surface area contributed by atoms with Crippen molar-refractivity contribution >= 4 is 35.0 Å². The van der Waals surface area contributed by atoms with Gasteiger partial charge in [0, 0.05) is 26.2 Å². The summed E-state index contributed by atoms with van der Waals surface area (Å²) in [7, 11) is 0. The summed E-state index contributed by atoms with van der Waals surface area (Å²) in [4.78, 5) is 28.6. The lowest BCUT2D eigenvalue weighted by molar-refractivity contribution is -0.137. The van der Waals surface area contributed by atoms with Gasteiger partial charge in [0.2, 0.25) is 11.8 Å². The number of alkyl halides is 2. The molecule has 1 heterocycles. The number of carbonyl (C=O) groups excluding carboxylic acids is 2. The summed E-state index contributed by atoms with van der Waals surface area (Å²) in [6.07, 6.45) is 2.91. The molecule has 1 aliphatic rings. The van der Waals surface area contributed by atoms with Crippen LogP contribution in [0.25, 0.3) is 0 Å². The molecule has 6 atom stereocenters. The van der Waals surface area contributed by atoms with E-state index in [0.717, 1.165) is 12.8 Å². The van der Waals surface area contributed by atoms with E-state index in [0.29, 0.717) is 51.9 Å². The van der Waals surface area contributed by atoms with Crippen LogP contribution in [0.1, 0.15) is 52.4 Å². The first-order chi connectivity index (χ1) is 16.0. The third-order valence-corrected chi connectivity index (χ3v) is 5.84. The summed E-state index contributed by atoms with van der Waals surface area (Å²) in [5, 5.41) is 43.5. The third-order valence-electron chi connectivity index (χ3n) is 5.56. The Morgan fingerprint density at radius 2 is 1.06 bits per heavy atom. The van der Waals surface area contributed by atoms with E-state index in [4.69, 9.17) is 23.2 Å². The van der Waals surface area contributed by atoms with Crippen molar-refractivity contribution in [3.8, 4) is 0 Å². The Hall–Kier alpha value is -0.720. The second-order valence-electron chi connectivity index (χ2n) is 9.20. The lowest BCUT2D eigenvalue weighted by Crippen LogP contribution is -2.61. The molecule has 0 spiro atoms. The van der Waals surface area contributed by atoms with Gasteiger partial charge in [-0.2, -0.15) is 0 Å². The predicted molar refractivity (Wildman–Crippen MR) is 132 cm³/mol. The molecule has 1 saturated heterocycles. The standard InChI is InChI=1S/C22H42Cl2N4O6/c1-15(29)11-27(12-16(2)30)9-5-3-7-17-21(33)26-18(22(34)25-17)8-4-6-10-28(13-19(23)31)14-20(24)32/h15-20,29-32H,3-14H2,1-2H3,(H,25,34)(H,26,33). The van der Waals surface area contributed by atoms with Crippen LogP contribution >= 0.6 is 23.2 Å². The fourth-order valence-electron chi connectivity index (χ4n) is 4.14. The molecule has 1 aliphatic heterocycles. The Labute approximate surface area is 212 Å². The Kier molecular flexibility index (Phi) is 15.5. The zero-order chi connectivity index (χ0) is 25.7. The summed E-state index contributed by atoms with van der Waals surface area (Å²) < 4.78 is 0. The van der Waals surface area contributed by atoms with Gasteiger partial charge in [0.25, 0.3) is 0 Å². The minimum absolute atomic E-state index is 0.170. The number of carbonyl (C=O) groups is 2. The maximum Gasteiger partial charge on any atom is 0.243 e. The number of nitrogens with one attached hydrogen (secondary N) is 2. The van der Waals surface area contributed by atoms with E-state index in [1.54, 1.807) is 18.7 Å². The van der Waals surface area contributed by atoms with Crippen LogP contribution in [0, 0.1) is 0 Å². The average Bonchev–Trinajstić information content (AvgIpc) is 2.69. The van der Waals surface area contributed by atoms with E-state index in [1.165, 1.54) is 0 Å². The topological polar surface area (TPSA) is 146 Å². The molecule has 0 bridgehead atoms. The van der Waals surface area contributed by atoms with Gasteiger partial charge in [0.15, 0.2) is 0 Å². The van der Waals surface area contributed by atoms with Gasteiger partial charge in [0.05, 0.1) is 12.2 Å². The molecule has 1 fully saturated rings. The quantitative estimate of drug-likeness (QED) is 0.106. The highest BCUT2D eigenvalue weighted by molar-refractivity contribution is 6.20. The number of hydrogen-bond acceptors (Lipinski definition) is 8. The average molecular weight is 530 g/mol. The van der Waals surface area contributed by atoms with Crippen LogP contribution in [0.3, 0.4) is 0 Å². The first-order valence-corrected chi connectivity index (χ1v) is 12.9. The predicted octanol–water partition coefficient (Wildman–Crippen LogP) is -0.210. The van der Waals surface area contributed by atoms with Crippen LogP contribution in [0.4, 0.5) is 0 Å². The van der Waals surface area contributed by atoms with E-state index < -0.39 is 35.4 Å². The van der Waals surface area contributed by atoms with E-state index in [9.17, 15) is 30.0 Å². The number of nitrogens with zero attached hydrogens (tertiary/aromatic N) is 2. The molecule has 0 saturated carbocycles. The number of unbranched alkanes of at least 4 members (excludes halogenated alkanes) is 2. The number of aliphatic hydroxyl groups is 4. The lowest BCUT2D eigenvalue weighted by Gasteiger charge is -2.30. The number of hydrogen-bond donors (Lipinski definition) is 6. The Morgan fingerprint density at radius 3 is 1.38 bits per heavy atom. The minimum Gasteiger partial charge on any atom is -0.392 e. The lowest BCUT2D eigenvalue weighted by atomic mass is 10.0. The molecule has 200 valence electrons. The Morgan fingerprint density at radius 1 is 0.706 bits per heavy atom. The molecule has 2 amide bonds. The molecule has 0 aromatic rings. The van der Waals surface area contributed by atoms with E-state index in [1.807, 2.05) is 4.90 Å². The highest BCUT2D eigenvalue weighted by atomic mass is 35.5. The normalized spacial score (nSPS) is 22.4. The summed E-state index contributed by atoms with van der Waals surface area (Å²) >= 11 is 11.2. The van der Waals surface area contributed by atoms with Gasteiger partial charge in [-0.25, -0.2) is 0 Å². The van der Waals surface area contributed by atoms with Gasteiger partial charge < -0.3 is 31.1 Å². The molecule has 6 N–H and O–H groups in total. The van der Waals surface area contributed by atoms with Crippen LogP contribution in [-0.4, -0.2) is 117 Å². The van der Waals surface area contributed by atoms with Crippen molar-refractivity contribution in [2.75, 3.05) is 39.3 Å². The van der Waals surface area contributed by atoms with Crippen molar-refractivity contribution in [3.05, 3.63) is 0 Å². The number of piperazine rings is 1. The van der Waals surface area contributed by atoms with Gasteiger partial charge in [-0.05, 0) is 65.5 Å². The van der Waals surface area contributed by atoms with Crippen LogP contribution in [0.5, 0.6) is 0 Å². The van der Waals surface area contributed by atoms with Crippen molar-refractivity contribution in [1.82, 2.24) is 20.4 Å². The summed E-state index contributed by atoms with van der Waals surface area (Å²) in [5.41, 5.74) is -2.12. The molecule has 0 radical (unpaired) electrons. The molecule has 1 rings (SSSR count). The molecule has 34 heavy (non-hydrogen) atoms. The SMILES string of the molecule is CC(O)CN(CCCCC1NC(=O)C(CCCCN(CC(O)Cl)CC(O)Cl)NC1=O)CC(C)O. The molecule has 0 aliphatic carbocycles. The molecular weight excluding hydrogens is 487 g/mol. The highest BCUT2D eigenvalue weighted by Gasteiger charge is 2.32. The van der Waals surface area contributed by atoms with Gasteiger partial charge >= 0.3 is 0 Å². The van der Waals surface area contributed by atoms with E-state index in [2.05, 4.69) is 10.6 Å². The van der Waals surface area contributed by atoms with Gasteiger partial charge in [0.1, 0.15) is 23.2 Å². The fourth-order valence-corrected chi connectivity index (χ4v) is 4.53. The monoisotopic (exact) mass is 528 g/mol. The van der Waals surface area contributed by atoms with E-state index in [-0.39, 0.29) is 24.9 Å². The van der Waals surface area contributed by atoms with Crippen LogP contribution < -0.4 is 10.6 Å². The molecule has 10 nitrogen and oxygen atoms in total. The summed E-state index contributed by atoms with van der Waals surface area (Å²) in [5.74, 6) is -0.384. The molecule has 0 aromatic heterocycles. The van der Waals surface area contributed by atoms with Crippen LogP contribution in [0.2, 0.25) is 0 Å². The van der Waals surface area contributed by atoms with Crippen molar-refractivity contribution in [2.45, 2.75) is 87.8 Å². The zero-order valence-corrected chi connectivity index (χ0v) is 21.7. The van der Waals surface area contributed by atoms with Gasteiger partial charge in [-0.15, -0.1) is 0 Å². The van der Waals surface area contributed by atoms with Gasteiger partial charge in [-0.1, -0.05) is 23.2 Å². The van der Waals surface area contributed by atoms with Crippen molar-refractivity contribution in [1.29, 1.82) is 0 Å². The highest BCUT2D eigenvalue weighted by Crippen LogP contribution is 2.12. The van der Waals surface area contributed by atoms with E-state index >= 15 is 0 Å². The molecular formula is C22H42Cl2N4O6. The molecule has 6 unspecified atom stereocenters. The second-order valence-corrected chi connectivity index (χ2v) is 10.2. The fraction of sp³-hybridized carbons (Fsp3) is 0.909. The molecule has 0 aromatic carbocycles. The van der Waals surface area contributed by atoms with Crippen LogP contribution in [-0.2, 0) is 9.59 Å². The third kappa shape index (κ3) is 14.0.